The van der Waals surface area contributed by atoms with Gasteiger partial charge in [0.1, 0.15) is 0 Å². The minimum atomic E-state index is 0.158. The molecule has 2 heteroatoms. The van der Waals surface area contributed by atoms with E-state index >= 15 is 0 Å². The van der Waals surface area contributed by atoms with Crippen LogP contribution in [-0.2, 0) is 0 Å². The second-order valence-corrected chi connectivity index (χ2v) is 6.20. The fraction of sp³-hybridized carbons (Fsp3) is 1.00. The average molecular weight is 210 g/mol. The third-order valence-electron chi connectivity index (χ3n) is 4.59. The fourth-order valence-corrected chi connectivity index (χ4v) is 3.23. The van der Waals surface area contributed by atoms with Gasteiger partial charge in [0.15, 0.2) is 0 Å². The van der Waals surface area contributed by atoms with Gasteiger partial charge < -0.3 is 5.73 Å². The van der Waals surface area contributed by atoms with Crippen molar-refractivity contribution in [3.63, 3.8) is 0 Å². The van der Waals surface area contributed by atoms with Gasteiger partial charge in [-0.05, 0) is 44.4 Å². The third-order valence-corrected chi connectivity index (χ3v) is 4.59. The first-order valence-corrected chi connectivity index (χ1v) is 6.53. The van der Waals surface area contributed by atoms with Crippen LogP contribution in [0, 0.1) is 11.8 Å². The topological polar surface area (TPSA) is 29.3 Å². The Labute approximate surface area is 94.2 Å². The molecule has 2 nitrogen and oxygen atoms in total. The normalized spacial score (nSPS) is 41.2. The van der Waals surface area contributed by atoms with Gasteiger partial charge in [-0.3, -0.25) is 4.90 Å². The summed E-state index contributed by atoms with van der Waals surface area (Å²) in [5.74, 6) is 1.68. The second-order valence-electron chi connectivity index (χ2n) is 6.20. The molecule has 2 fully saturated rings. The predicted octanol–water partition coefficient (Wildman–Crippen LogP) is 2.23. The minimum absolute atomic E-state index is 0.158. The van der Waals surface area contributed by atoms with E-state index in [9.17, 15) is 0 Å². The number of rotatable bonds is 2. The molecule has 2 N–H and O–H groups in total. The number of hydrogen-bond donors (Lipinski definition) is 1. The molecule has 0 amide bonds. The summed E-state index contributed by atoms with van der Waals surface area (Å²) in [5.41, 5.74) is 6.50. The molecule has 1 saturated carbocycles. The Morgan fingerprint density at radius 2 is 1.93 bits per heavy atom. The summed E-state index contributed by atoms with van der Waals surface area (Å²) in [6.45, 7) is 9.52. The smallest absolute Gasteiger partial charge is 0.0283 e. The van der Waals surface area contributed by atoms with E-state index < -0.39 is 0 Å². The standard InChI is InChI=1S/C13H26N2/c1-10-7-11(2)12(3)15(8-10)9-13(14)5-4-6-13/h10-12H,4-9,14H2,1-3H3. The molecule has 0 aromatic rings. The van der Waals surface area contributed by atoms with Crippen LogP contribution in [-0.4, -0.2) is 29.6 Å². The maximum Gasteiger partial charge on any atom is 0.0283 e. The van der Waals surface area contributed by atoms with E-state index in [4.69, 9.17) is 5.73 Å². The van der Waals surface area contributed by atoms with Crippen LogP contribution < -0.4 is 5.73 Å². The Kier molecular flexibility index (Phi) is 3.09. The third kappa shape index (κ3) is 2.36. The predicted molar refractivity (Wildman–Crippen MR) is 64.7 cm³/mol. The first-order valence-electron chi connectivity index (χ1n) is 6.53. The van der Waals surface area contributed by atoms with E-state index in [1.807, 2.05) is 0 Å². The van der Waals surface area contributed by atoms with Crippen molar-refractivity contribution in [3.8, 4) is 0 Å². The van der Waals surface area contributed by atoms with Crippen LogP contribution in [0.3, 0.4) is 0 Å². The maximum atomic E-state index is 6.35. The van der Waals surface area contributed by atoms with Crippen molar-refractivity contribution in [3.05, 3.63) is 0 Å². The zero-order chi connectivity index (χ0) is 11.1. The number of nitrogens with two attached hydrogens (primary N) is 1. The SMILES string of the molecule is CC1CC(C)C(C)N(CC2(N)CCC2)C1. The van der Waals surface area contributed by atoms with Gasteiger partial charge in [0, 0.05) is 24.7 Å². The zero-order valence-corrected chi connectivity index (χ0v) is 10.5. The Morgan fingerprint density at radius 3 is 2.47 bits per heavy atom. The number of piperidine rings is 1. The lowest BCUT2D eigenvalue weighted by atomic mass is 9.76. The van der Waals surface area contributed by atoms with Crippen molar-refractivity contribution < 1.29 is 0 Å². The summed E-state index contributed by atoms with van der Waals surface area (Å²) < 4.78 is 0. The molecule has 1 aliphatic heterocycles. The van der Waals surface area contributed by atoms with E-state index in [-0.39, 0.29) is 5.54 Å². The van der Waals surface area contributed by atoms with Gasteiger partial charge in [0.25, 0.3) is 0 Å². The summed E-state index contributed by atoms with van der Waals surface area (Å²) >= 11 is 0. The van der Waals surface area contributed by atoms with E-state index in [2.05, 4.69) is 25.7 Å². The van der Waals surface area contributed by atoms with E-state index in [1.165, 1.54) is 32.2 Å². The van der Waals surface area contributed by atoms with Gasteiger partial charge in [-0.15, -0.1) is 0 Å². The molecule has 1 aliphatic carbocycles. The van der Waals surface area contributed by atoms with Crippen molar-refractivity contribution in [2.45, 2.75) is 58.0 Å². The Bertz CT molecular complexity index is 223. The fourth-order valence-electron chi connectivity index (χ4n) is 3.23. The van der Waals surface area contributed by atoms with Crippen molar-refractivity contribution in [2.75, 3.05) is 13.1 Å². The molecule has 1 saturated heterocycles. The Morgan fingerprint density at radius 1 is 1.27 bits per heavy atom. The molecule has 0 radical (unpaired) electrons. The molecule has 88 valence electrons. The number of hydrogen-bond acceptors (Lipinski definition) is 2. The average Bonchev–Trinajstić information content (AvgIpc) is 2.11. The zero-order valence-electron chi connectivity index (χ0n) is 10.5. The largest absolute Gasteiger partial charge is 0.324 e. The van der Waals surface area contributed by atoms with Crippen LogP contribution >= 0.6 is 0 Å². The molecule has 3 atom stereocenters. The van der Waals surface area contributed by atoms with Crippen LogP contribution in [0.5, 0.6) is 0 Å². The summed E-state index contributed by atoms with van der Waals surface area (Å²) in [6.07, 6.45) is 5.19. The molecule has 0 bridgehead atoms. The van der Waals surface area contributed by atoms with Crippen LogP contribution in [0.2, 0.25) is 0 Å². The van der Waals surface area contributed by atoms with E-state index in [0.29, 0.717) is 0 Å². The molecule has 0 spiro atoms. The monoisotopic (exact) mass is 210 g/mol. The van der Waals surface area contributed by atoms with Crippen molar-refractivity contribution in [2.24, 2.45) is 17.6 Å². The highest BCUT2D eigenvalue weighted by Crippen LogP contribution is 2.34. The van der Waals surface area contributed by atoms with Crippen molar-refractivity contribution in [1.29, 1.82) is 0 Å². The van der Waals surface area contributed by atoms with Gasteiger partial charge in [-0.1, -0.05) is 13.8 Å². The Hall–Kier alpha value is -0.0800. The highest BCUT2D eigenvalue weighted by atomic mass is 15.2. The molecule has 0 aromatic heterocycles. The van der Waals surface area contributed by atoms with Crippen LogP contribution in [0.15, 0.2) is 0 Å². The summed E-state index contributed by atoms with van der Waals surface area (Å²) in [4.78, 5) is 2.64. The summed E-state index contributed by atoms with van der Waals surface area (Å²) in [7, 11) is 0. The molecule has 1 heterocycles. The molecule has 2 rings (SSSR count). The van der Waals surface area contributed by atoms with Gasteiger partial charge in [-0.2, -0.15) is 0 Å². The lowest BCUT2D eigenvalue weighted by molar-refractivity contribution is 0.0398. The first kappa shape index (κ1) is 11.4. The molecular weight excluding hydrogens is 184 g/mol. The number of nitrogens with zero attached hydrogens (tertiary/aromatic N) is 1. The Balaban J connectivity index is 1.94. The van der Waals surface area contributed by atoms with Gasteiger partial charge in [0.05, 0.1) is 0 Å². The summed E-state index contributed by atoms with van der Waals surface area (Å²) in [6, 6.07) is 0.724. The van der Waals surface area contributed by atoms with E-state index in [0.717, 1.165) is 24.4 Å². The minimum Gasteiger partial charge on any atom is -0.324 e. The molecule has 0 aromatic carbocycles. The molecule has 2 aliphatic rings. The lowest BCUT2D eigenvalue weighted by Crippen LogP contribution is -2.59. The van der Waals surface area contributed by atoms with Gasteiger partial charge >= 0.3 is 0 Å². The maximum absolute atomic E-state index is 6.35. The van der Waals surface area contributed by atoms with Gasteiger partial charge in [0.2, 0.25) is 0 Å². The highest BCUT2D eigenvalue weighted by molar-refractivity contribution is 4.97. The van der Waals surface area contributed by atoms with Gasteiger partial charge in [-0.25, -0.2) is 0 Å². The molecule has 3 unspecified atom stereocenters. The lowest BCUT2D eigenvalue weighted by Gasteiger charge is -2.48. The molecular formula is C13H26N2. The number of likely N-dealkylation sites (tertiary alicyclic amines) is 1. The van der Waals surface area contributed by atoms with Crippen LogP contribution in [0.25, 0.3) is 0 Å². The first-order chi connectivity index (χ1) is 7.00. The van der Waals surface area contributed by atoms with Crippen LogP contribution in [0.1, 0.15) is 46.5 Å². The van der Waals surface area contributed by atoms with Crippen LogP contribution in [0.4, 0.5) is 0 Å². The van der Waals surface area contributed by atoms with Crippen molar-refractivity contribution in [1.82, 2.24) is 4.90 Å². The second kappa shape index (κ2) is 4.06. The summed E-state index contributed by atoms with van der Waals surface area (Å²) in [5, 5.41) is 0. The highest BCUT2D eigenvalue weighted by Gasteiger charge is 2.38. The molecule has 15 heavy (non-hydrogen) atoms. The van der Waals surface area contributed by atoms with E-state index in [1.54, 1.807) is 0 Å². The van der Waals surface area contributed by atoms with Crippen molar-refractivity contribution >= 4 is 0 Å². The quantitative estimate of drug-likeness (QED) is 0.757.